The third-order valence-corrected chi connectivity index (χ3v) is 7.19. The molecule has 1 fully saturated rings. The second kappa shape index (κ2) is 12.7. The minimum atomic E-state index is -0.549. The Morgan fingerprint density at radius 2 is 1.66 bits per heavy atom. The average molecular weight is 529 g/mol. The van der Waals surface area contributed by atoms with Crippen LogP contribution in [0.25, 0.3) is 0 Å². The Kier molecular flexibility index (Phi) is 8.72. The molecule has 38 heavy (non-hydrogen) atoms. The van der Waals surface area contributed by atoms with E-state index in [1.165, 1.54) is 0 Å². The Hall–Kier alpha value is -3.63. The molecule has 9 heteroatoms. The SMILES string of the molecule is O=C(NCc1ccc([C@@H]2O[C@H](CSc3ncccn3)C[C@H](c3ccc(CO)cc3)O2)cc1)c1cccnc1. The van der Waals surface area contributed by atoms with E-state index in [-0.39, 0.29) is 24.7 Å². The number of aliphatic hydroxyl groups is 1. The molecule has 0 aliphatic carbocycles. The molecule has 0 bridgehead atoms. The quantitative estimate of drug-likeness (QED) is 0.239. The molecule has 2 N–H and O–H groups in total. The summed E-state index contributed by atoms with van der Waals surface area (Å²) in [4.78, 5) is 24.9. The maximum atomic E-state index is 12.3. The number of hydrogen-bond donors (Lipinski definition) is 2. The largest absolute Gasteiger partial charge is 0.392 e. The number of pyridine rings is 1. The molecular formula is C29H28N4O4S. The van der Waals surface area contributed by atoms with Crippen molar-refractivity contribution < 1.29 is 19.4 Å². The van der Waals surface area contributed by atoms with Gasteiger partial charge in [0, 0.05) is 49.1 Å². The summed E-state index contributed by atoms with van der Waals surface area (Å²) in [7, 11) is 0. The number of benzene rings is 2. The lowest BCUT2D eigenvalue weighted by Crippen LogP contribution is -2.31. The number of aliphatic hydroxyl groups excluding tert-OH is 1. The van der Waals surface area contributed by atoms with Crippen molar-refractivity contribution in [3.8, 4) is 0 Å². The van der Waals surface area contributed by atoms with E-state index in [0.717, 1.165) is 22.3 Å². The first-order valence-electron chi connectivity index (χ1n) is 12.4. The van der Waals surface area contributed by atoms with Gasteiger partial charge in [0.25, 0.3) is 5.91 Å². The Labute approximate surface area is 225 Å². The highest BCUT2D eigenvalue weighted by Gasteiger charge is 2.32. The number of carbonyl (C=O) groups is 1. The molecule has 2 aromatic carbocycles. The summed E-state index contributed by atoms with van der Waals surface area (Å²) < 4.78 is 12.8. The summed E-state index contributed by atoms with van der Waals surface area (Å²) >= 11 is 1.56. The maximum absolute atomic E-state index is 12.3. The van der Waals surface area contributed by atoms with Crippen molar-refractivity contribution in [3.63, 3.8) is 0 Å². The second-order valence-electron chi connectivity index (χ2n) is 8.86. The molecule has 3 atom stereocenters. The molecule has 4 aromatic rings. The van der Waals surface area contributed by atoms with E-state index < -0.39 is 6.29 Å². The van der Waals surface area contributed by atoms with Gasteiger partial charge in [-0.2, -0.15) is 0 Å². The summed E-state index contributed by atoms with van der Waals surface area (Å²) in [5.74, 6) is 0.520. The predicted octanol–water partition coefficient (Wildman–Crippen LogP) is 4.63. The molecule has 0 spiro atoms. The average Bonchev–Trinajstić information content (AvgIpc) is 3.00. The number of rotatable bonds is 9. The highest BCUT2D eigenvalue weighted by Crippen LogP contribution is 2.39. The fraction of sp³-hybridized carbons (Fsp3) is 0.241. The molecule has 2 aromatic heterocycles. The molecule has 1 aliphatic rings. The summed E-state index contributed by atoms with van der Waals surface area (Å²) in [6.07, 6.45) is 6.54. The standard InChI is InChI=1S/C29H28N4O4S/c34-18-21-6-8-22(9-7-21)26-15-25(19-38-29-31-13-2-14-32-29)36-28(37-26)23-10-4-20(5-11-23)16-33-27(35)24-3-1-12-30-17-24/h1-14,17,25-26,28,34H,15-16,18-19H2,(H,33,35)/t25-,26+,28+/m0/s1. The van der Waals surface area contributed by atoms with Crippen molar-refractivity contribution in [1.29, 1.82) is 0 Å². The van der Waals surface area contributed by atoms with Crippen LogP contribution < -0.4 is 5.32 Å². The van der Waals surface area contributed by atoms with Gasteiger partial charge >= 0.3 is 0 Å². The van der Waals surface area contributed by atoms with Crippen molar-refractivity contribution in [2.75, 3.05) is 5.75 Å². The van der Waals surface area contributed by atoms with Crippen molar-refractivity contribution in [2.24, 2.45) is 0 Å². The first-order chi connectivity index (χ1) is 18.7. The smallest absolute Gasteiger partial charge is 0.253 e. The normalized spacial score (nSPS) is 19.1. The van der Waals surface area contributed by atoms with Crippen LogP contribution in [0.4, 0.5) is 0 Å². The minimum Gasteiger partial charge on any atom is -0.392 e. The van der Waals surface area contributed by atoms with Crippen LogP contribution in [0.15, 0.2) is 96.7 Å². The van der Waals surface area contributed by atoms with Crippen LogP contribution in [-0.4, -0.2) is 37.8 Å². The van der Waals surface area contributed by atoms with Crippen molar-refractivity contribution in [1.82, 2.24) is 20.3 Å². The summed E-state index contributed by atoms with van der Waals surface area (Å²) in [5.41, 5.74) is 4.28. The molecule has 3 heterocycles. The van der Waals surface area contributed by atoms with Crippen LogP contribution in [-0.2, 0) is 22.6 Å². The molecular weight excluding hydrogens is 500 g/mol. The Bertz CT molecular complexity index is 1310. The van der Waals surface area contributed by atoms with Gasteiger partial charge in [-0.25, -0.2) is 9.97 Å². The lowest BCUT2D eigenvalue weighted by Gasteiger charge is -2.36. The third kappa shape index (κ3) is 6.81. The number of nitrogens with one attached hydrogen (secondary N) is 1. The topological polar surface area (TPSA) is 106 Å². The summed E-state index contributed by atoms with van der Waals surface area (Å²) in [6.45, 7) is 0.402. The van der Waals surface area contributed by atoms with Crippen LogP contribution in [0, 0.1) is 0 Å². The molecule has 1 saturated heterocycles. The zero-order valence-corrected chi connectivity index (χ0v) is 21.5. The molecule has 0 saturated carbocycles. The van der Waals surface area contributed by atoms with Gasteiger partial charge < -0.3 is 19.9 Å². The van der Waals surface area contributed by atoms with Gasteiger partial charge in [-0.1, -0.05) is 60.3 Å². The van der Waals surface area contributed by atoms with Gasteiger partial charge in [-0.15, -0.1) is 0 Å². The first-order valence-corrected chi connectivity index (χ1v) is 13.3. The second-order valence-corrected chi connectivity index (χ2v) is 9.85. The molecule has 194 valence electrons. The van der Waals surface area contributed by atoms with Gasteiger partial charge in [0.05, 0.1) is 24.4 Å². The molecule has 0 radical (unpaired) electrons. The summed E-state index contributed by atoms with van der Waals surface area (Å²) in [6, 6.07) is 21.0. The Morgan fingerprint density at radius 1 is 0.921 bits per heavy atom. The number of nitrogens with zero attached hydrogens (tertiary/aromatic N) is 3. The number of amides is 1. The zero-order valence-electron chi connectivity index (χ0n) is 20.6. The third-order valence-electron chi connectivity index (χ3n) is 6.18. The van der Waals surface area contributed by atoms with Crippen molar-refractivity contribution in [3.05, 3.63) is 119 Å². The predicted molar refractivity (Wildman–Crippen MR) is 143 cm³/mol. The van der Waals surface area contributed by atoms with Gasteiger partial charge in [-0.3, -0.25) is 9.78 Å². The molecule has 1 aliphatic heterocycles. The summed E-state index contributed by atoms with van der Waals surface area (Å²) in [5, 5.41) is 13.0. The number of thioether (sulfide) groups is 1. The van der Waals surface area contributed by atoms with Gasteiger partial charge in [0.1, 0.15) is 0 Å². The minimum absolute atomic E-state index is 0.00290. The highest BCUT2D eigenvalue weighted by molar-refractivity contribution is 7.99. The van der Waals surface area contributed by atoms with E-state index in [0.29, 0.717) is 29.4 Å². The highest BCUT2D eigenvalue weighted by atomic mass is 32.2. The van der Waals surface area contributed by atoms with E-state index in [4.69, 9.17) is 9.47 Å². The number of hydrogen-bond acceptors (Lipinski definition) is 8. The fourth-order valence-corrected chi connectivity index (χ4v) is 4.94. The van der Waals surface area contributed by atoms with Crippen LogP contribution in [0.2, 0.25) is 0 Å². The van der Waals surface area contributed by atoms with Crippen molar-refractivity contribution in [2.45, 2.75) is 43.2 Å². The van der Waals surface area contributed by atoms with E-state index >= 15 is 0 Å². The maximum Gasteiger partial charge on any atom is 0.253 e. The van der Waals surface area contributed by atoms with Gasteiger partial charge in [0.2, 0.25) is 0 Å². The Morgan fingerprint density at radius 3 is 2.37 bits per heavy atom. The number of carbonyl (C=O) groups excluding carboxylic acids is 1. The van der Waals surface area contributed by atoms with E-state index in [9.17, 15) is 9.90 Å². The fourth-order valence-electron chi connectivity index (χ4n) is 4.12. The molecule has 8 nitrogen and oxygen atoms in total. The lowest BCUT2D eigenvalue weighted by molar-refractivity contribution is -0.245. The molecule has 1 amide bonds. The van der Waals surface area contributed by atoms with E-state index in [2.05, 4.69) is 20.3 Å². The van der Waals surface area contributed by atoms with E-state index in [1.807, 2.05) is 48.5 Å². The molecule has 0 unspecified atom stereocenters. The molecule has 5 rings (SSSR count). The van der Waals surface area contributed by atoms with Gasteiger partial charge in [-0.05, 0) is 34.9 Å². The first kappa shape index (κ1) is 26.0. The van der Waals surface area contributed by atoms with Gasteiger partial charge in [0.15, 0.2) is 11.4 Å². The van der Waals surface area contributed by atoms with Crippen LogP contribution in [0.5, 0.6) is 0 Å². The monoisotopic (exact) mass is 528 g/mol. The number of ether oxygens (including phenoxy) is 2. The van der Waals surface area contributed by atoms with Crippen LogP contribution in [0.1, 0.15) is 51.4 Å². The van der Waals surface area contributed by atoms with Crippen LogP contribution in [0.3, 0.4) is 0 Å². The number of aromatic nitrogens is 3. The van der Waals surface area contributed by atoms with Crippen LogP contribution >= 0.6 is 11.8 Å². The lowest BCUT2D eigenvalue weighted by atomic mass is 10.0. The van der Waals surface area contributed by atoms with E-state index in [1.54, 1.807) is 54.7 Å². The zero-order chi connectivity index (χ0) is 26.2. The van der Waals surface area contributed by atoms with Crippen molar-refractivity contribution >= 4 is 17.7 Å². The Balaban J connectivity index is 1.27.